The lowest BCUT2D eigenvalue weighted by Crippen LogP contribution is -2.48. The number of hydrogen-bond acceptors (Lipinski definition) is 8. The predicted octanol–water partition coefficient (Wildman–Crippen LogP) is 1.56. The number of halogens is 6. The van der Waals surface area contributed by atoms with Gasteiger partial charge in [-0.3, -0.25) is 0 Å². The Balaban J connectivity index is 1.90. The second-order valence-corrected chi connectivity index (χ2v) is 9.13. The molecule has 0 spiro atoms. The summed E-state index contributed by atoms with van der Waals surface area (Å²) in [6, 6.07) is 2.80. The van der Waals surface area contributed by atoms with E-state index in [2.05, 4.69) is 9.97 Å². The van der Waals surface area contributed by atoms with E-state index in [0.29, 0.717) is 34.9 Å². The molecule has 0 amide bonds. The van der Waals surface area contributed by atoms with Gasteiger partial charge in [0, 0.05) is 6.54 Å². The molecule has 2 heterocycles. The minimum Gasteiger partial charge on any atom is -0.483 e. The van der Waals surface area contributed by atoms with Crippen molar-refractivity contribution in [1.29, 1.82) is 5.26 Å². The molecule has 34 heavy (non-hydrogen) atoms. The number of rotatable bonds is 5. The Morgan fingerprint density at radius 1 is 1.18 bits per heavy atom. The first-order valence-electron chi connectivity index (χ1n) is 9.12. The summed E-state index contributed by atoms with van der Waals surface area (Å²) in [6.45, 7) is -2.49. The van der Waals surface area contributed by atoms with E-state index < -0.39 is 75.6 Å². The van der Waals surface area contributed by atoms with E-state index in [4.69, 9.17) is 4.74 Å². The minimum atomic E-state index is -4.83. The van der Waals surface area contributed by atoms with Crippen LogP contribution in [0.2, 0.25) is 0 Å². The topological polar surface area (TPSA) is 137 Å². The lowest BCUT2D eigenvalue weighted by molar-refractivity contribution is -0.145. The van der Waals surface area contributed by atoms with Crippen LogP contribution < -0.4 is 4.74 Å². The largest absolute Gasteiger partial charge is 0.483 e. The van der Waals surface area contributed by atoms with Crippen molar-refractivity contribution in [2.45, 2.75) is 29.0 Å². The standard InChI is InChI=1S/C18H14F6N4O5S/c19-17(20,21)11-1-2-13(10(3-11)4-25)34(31,32)28-7-14(16(30,8-28)9-29)33-12-5-26-15(27-6-12)18(22,23)24/h1-3,5-6,14,29-30H,7-9H2/t14-,16+/m0/s1. The summed E-state index contributed by atoms with van der Waals surface area (Å²) in [7, 11) is -4.66. The molecule has 0 unspecified atom stereocenters. The van der Waals surface area contributed by atoms with Gasteiger partial charge in [-0.25, -0.2) is 18.4 Å². The van der Waals surface area contributed by atoms with E-state index in [-0.39, 0.29) is 5.75 Å². The van der Waals surface area contributed by atoms with E-state index in [9.17, 15) is 50.2 Å². The molecule has 1 saturated heterocycles. The highest BCUT2D eigenvalue weighted by Crippen LogP contribution is 2.35. The van der Waals surface area contributed by atoms with E-state index in [0.717, 1.165) is 0 Å². The monoisotopic (exact) mass is 512 g/mol. The van der Waals surface area contributed by atoms with Crippen molar-refractivity contribution in [3.05, 3.63) is 47.5 Å². The van der Waals surface area contributed by atoms with E-state index >= 15 is 0 Å². The number of hydrogen-bond donors (Lipinski definition) is 2. The Labute approximate surface area is 187 Å². The first-order chi connectivity index (χ1) is 15.6. The van der Waals surface area contributed by atoms with Crippen molar-refractivity contribution in [3.63, 3.8) is 0 Å². The van der Waals surface area contributed by atoms with Crippen LogP contribution in [0.5, 0.6) is 5.75 Å². The lowest BCUT2D eigenvalue weighted by atomic mass is 10.0. The summed E-state index contributed by atoms with van der Waals surface area (Å²) in [6.07, 6.45) is -9.92. The zero-order chi connectivity index (χ0) is 25.5. The maximum Gasteiger partial charge on any atom is 0.451 e. The van der Waals surface area contributed by atoms with Crippen LogP contribution in [0, 0.1) is 11.3 Å². The molecule has 184 valence electrons. The Kier molecular flexibility index (Phi) is 6.52. The lowest BCUT2D eigenvalue weighted by Gasteiger charge is -2.26. The fourth-order valence-electron chi connectivity index (χ4n) is 3.15. The van der Waals surface area contributed by atoms with Gasteiger partial charge in [-0.2, -0.15) is 35.9 Å². The van der Waals surface area contributed by atoms with Gasteiger partial charge in [0.1, 0.15) is 17.8 Å². The van der Waals surface area contributed by atoms with Gasteiger partial charge in [-0.1, -0.05) is 0 Å². The van der Waals surface area contributed by atoms with Crippen molar-refractivity contribution in [1.82, 2.24) is 14.3 Å². The van der Waals surface area contributed by atoms with Crippen molar-refractivity contribution >= 4 is 10.0 Å². The highest BCUT2D eigenvalue weighted by molar-refractivity contribution is 7.89. The molecule has 9 nitrogen and oxygen atoms in total. The average molecular weight is 512 g/mol. The van der Waals surface area contributed by atoms with Gasteiger partial charge >= 0.3 is 12.4 Å². The van der Waals surface area contributed by atoms with Crippen LogP contribution in [0.4, 0.5) is 26.3 Å². The SMILES string of the molecule is N#Cc1cc(C(F)(F)F)ccc1S(=O)(=O)N1C[C@H](Oc2cnc(C(F)(F)F)nc2)[C@](O)(CO)C1. The highest BCUT2D eigenvalue weighted by Gasteiger charge is 2.51. The quantitative estimate of drug-likeness (QED) is 0.576. The van der Waals surface area contributed by atoms with Gasteiger partial charge in [0.05, 0.1) is 41.6 Å². The molecule has 3 rings (SSSR count). The number of nitrogens with zero attached hydrogens (tertiary/aromatic N) is 4. The van der Waals surface area contributed by atoms with Crippen molar-refractivity contribution in [2.75, 3.05) is 19.7 Å². The molecule has 0 bridgehead atoms. The highest BCUT2D eigenvalue weighted by atomic mass is 32.2. The maximum absolute atomic E-state index is 13.0. The number of benzene rings is 1. The molecule has 0 saturated carbocycles. The third-order valence-electron chi connectivity index (χ3n) is 4.90. The molecule has 2 N–H and O–H groups in total. The molecule has 1 aliphatic heterocycles. The van der Waals surface area contributed by atoms with Gasteiger partial charge in [0.15, 0.2) is 5.75 Å². The Morgan fingerprint density at radius 2 is 1.79 bits per heavy atom. The van der Waals surface area contributed by atoms with Crippen LogP contribution in [0.25, 0.3) is 0 Å². The Morgan fingerprint density at radius 3 is 2.29 bits per heavy atom. The van der Waals surface area contributed by atoms with Crippen molar-refractivity contribution in [2.24, 2.45) is 0 Å². The molecular formula is C18H14F6N4O5S. The van der Waals surface area contributed by atoms with Gasteiger partial charge in [0.25, 0.3) is 0 Å². The van der Waals surface area contributed by atoms with E-state index in [1.165, 1.54) is 6.07 Å². The molecule has 2 atom stereocenters. The first-order valence-corrected chi connectivity index (χ1v) is 10.6. The molecule has 0 radical (unpaired) electrons. The van der Waals surface area contributed by atoms with Gasteiger partial charge < -0.3 is 14.9 Å². The number of β-amino-alcohol motifs (C(OH)–C–C–N with tert-alkyl or cyclic N) is 1. The number of aliphatic hydroxyl groups is 2. The minimum absolute atomic E-state index is 0.356. The number of alkyl halides is 6. The fraction of sp³-hybridized carbons (Fsp3) is 0.389. The predicted molar refractivity (Wildman–Crippen MR) is 98.4 cm³/mol. The first kappa shape index (κ1) is 25.6. The van der Waals surface area contributed by atoms with Gasteiger partial charge in [0.2, 0.25) is 15.8 Å². The molecule has 1 fully saturated rings. The van der Waals surface area contributed by atoms with Crippen LogP contribution in [0.1, 0.15) is 17.0 Å². The number of sulfonamides is 1. The van der Waals surface area contributed by atoms with E-state index in [1.54, 1.807) is 0 Å². The molecule has 1 aromatic carbocycles. The maximum atomic E-state index is 13.0. The third-order valence-corrected chi connectivity index (χ3v) is 6.77. The molecule has 0 aliphatic carbocycles. The van der Waals surface area contributed by atoms with Crippen molar-refractivity contribution in [3.8, 4) is 11.8 Å². The van der Waals surface area contributed by atoms with Crippen LogP contribution >= 0.6 is 0 Å². The van der Waals surface area contributed by atoms with Crippen LogP contribution in [0.15, 0.2) is 35.5 Å². The van der Waals surface area contributed by atoms with Gasteiger partial charge in [-0.15, -0.1) is 0 Å². The Bertz CT molecular complexity index is 1210. The summed E-state index contributed by atoms with van der Waals surface area (Å²) in [5.74, 6) is -1.85. The smallest absolute Gasteiger partial charge is 0.451 e. The number of aromatic nitrogens is 2. The Hall–Kier alpha value is -3.00. The normalized spacial score (nSPS) is 21.9. The summed E-state index contributed by atoms with van der Waals surface area (Å²) in [5, 5.41) is 29.4. The summed E-state index contributed by atoms with van der Waals surface area (Å²) in [5.41, 5.74) is -4.29. The molecule has 16 heteroatoms. The van der Waals surface area contributed by atoms with Crippen LogP contribution in [0.3, 0.4) is 0 Å². The van der Waals surface area contributed by atoms with Crippen molar-refractivity contribution < 1.29 is 49.7 Å². The molecule has 2 aromatic rings. The molecular weight excluding hydrogens is 498 g/mol. The second kappa shape index (κ2) is 8.65. The van der Waals surface area contributed by atoms with Gasteiger partial charge in [-0.05, 0) is 18.2 Å². The number of ether oxygens (including phenoxy) is 1. The fourth-order valence-corrected chi connectivity index (χ4v) is 4.78. The zero-order valence-corrected chi connectivity index (χ0v) is 17.5. The summed E-state index contributed by atoms with van der Waals surface area (Å²) >= 11 is 0. The second-order valence-electron chi connectivity index (χ2n) is 7.23. The number of aliphatic hydroxyl groups excluding tert-OH is 1. The van der Waals surface area contributed by atoms with E-state index in [1.807, 2.05) is 0 Å². The van der Waals surface area contributed by atoms with Crippen LogP contribution in [-0.2, 0) is 22.4 Å². The number of nitriles is 1. The molecule has 1 aliphatic rings. The average Bonchev–Trinajstić information content (AvgIpc) is 3.10. The summed E-state index contributed by atoms with van der Waals surface area (Å²) in [4.78, 5) is 5.36. The third kappa shape index (κ3) is 4.92. The zero-order valence-electron chi connectivity index (χ0n) is 16.7. The summed E-state index contributed by atoms with van der Waals surface area (Å²) < 4.78 is 108. The molecule has 1 aromatic heterocycles. The van der Waals surface area contributed by atoms with Crippen LogP contribution in [-0.4, -0.2) is 64.3 Å².